The smallest absolute Gasteiger partial charge is 0.346 e. The molecule has 9 atom stereocenters. The number of phosphoric ester groups is 1. The predicted octanol–water partition coefficient (Wildman–Crippen LogP) is 3.24. The molecule has 51 heavy (non-hydrogen) atoms. The van der Waals surface area contributed by atoms with Crippen molar-refractivity contribution in [2.45, 2.75) is 51.1 Å². The van der Waals surface area contributed by atoms with E-state index in [-0.39, 0.29) is 11.3 Å². The van der Waals surface area contributed by atoms with Crippen molar-refractivity contribution in [2.24, 2.45) is 0 Å². The molecule has 2 aliphatic heterocycles. The summed E-state index contributed by atoms with van der Waals surface area (Å²) in [6.45, 7) is 2.71. The molecule has 0 spiro atoms. The summed E-state index contributed by atoms with van der Waals surface area (Å²) in [6.07, 6.45) is -4.03. The van der Waals surface area contributed by atoms with Crippen LogP contribution in [0.4, 0.5) is 5.69 Å². The Kier molecular flexibility index (Phi) is 11.9. The predicted molar refractivity (Wildman–Crippen MR) is 175 cm³/mol. The molecular weight excluding hydrogens is 762 g/mol. The summed E-state index contributed by atoms with van der Waals surface area (Å²) >= 11 is 0. The Bertz CT molecular complexity index is 2120. The van der Waals surface area contributed by atoms with Crippen molar-refractivity contribution in [3.05, 3.63) is 98.3 Å². The fourth-order valence-corrected chi connectivity index (χ4v) is 9.95. The van der Waals surface area contributed by atoms with E-state index in [4.69, 9.17) is 18.7 Å². The minimum Gasteiger partial charge on any atom is -0.346 e. The second-order valence-corrected chi connectivity index (χ2v) is 17.2. The van der Waals surface area contributed by atoms with Gasteiger partial charge in [0.05, 0.1) is 6.61 Å². The van der Waals surface area contributed by atoms with Crippen molar-refractivity contribution in [3.63, 3.8) is 0 Å². The van der Waals surface area contributed by atoms with Crippen molar-refractivity contribution >= 4 is 36.9 Å². The number of benzene rings is 2. The minimum absolute atomic E-state index is 0.0433. The number of H-pyrrole nitrogens is 1. The molecule has 2 fully saturated rings. The van der Waals surface area contributed by atoms with Gasteiger partial charge in [-0.25, -0.2) is 23.1 Å². The lowest BCUT2D eigenvalue weighted by Gasteiger charge is -2.22. The lowest BCUT2D eigenvalue weighted by molar-refractivity contribution is -0.152. The summed E-state index contributed by atoms with van der Waals surface area (Å²) in [7, 11) is -22.8. The fraction of sp³-hybridized carbons (Fsp3) is 0.333. The number of nitrogens with zero attached hydrogens (tertiary/aromatic N) is 1. The van der Waals surface area contributed by atoms with Gasteiger partial charge in [-0.2, -0.15) is 12.9 Å². The van der Waals surface area contributed by atoms with E-state index < -0.39 is 79.9 Å². The van der Waals surface area contributed by atoms with Crippen LogP contribution in [0, 0.1) is 18.8 Å². The van der Waals surface area contributed by atoms with Gasteiger partial charge in [-0.1, -0.05) is 54.7 Å². The van der Waals surface area contributed by atoms with Crippen LogP contribution in [0.25, 0.3) is 0 Å². The molecule has 5 rings (SSSR count). The standard InChI is InChI=1S/C27H31N3O17P4/c1-3-22-43-23-21(16-41-49(35,36)46-51(39,40)47-50(37,38)45-48(33,34)29-20-7-5-4-6-8-20)42-26(24(23)44-22)30-15-19(25(31)28-27(30)32)14-13-18-11-9-17(2)10-12-18/h4-12,15,21-24,26H,3,16H2,1-2H3,(H,35,36)(H,37,38)(H,39,40)(H,28,31,32)(H2,29,33,34)/t21-,22?,23?,24+,26-/m1/s1. The minimum atomic E-state index is -6.04. The third-order valence-electron chi connectivity index (χ3n) is 6.94. The number of phosphoric acid groups is 3. The molecular formula is C27H31N3O17P4. The van der Waals surface area contributed by atoms with Crippen molar-refractivity contribution in [1.29, 1.82) is 0 Å². The normalized spacial score (nSPS) is 26.0. The summed E-state index contributed by atoms with van der Waals surface area (Å²) in [4.78, 5) is 67.4. The summed E-state index contributed by atoms with van der Waals surface area (Å²) in [5, 5.41) is 1.88. The number of rotatable bonds is 13. The molecule has 1 aromatic heterocycles. The van der Waals surface area contributed by atoms with Crippen LogP contribution >= 0.6 is 31.2 Å². The first-order valence-corrected chi connectivity index (χ1v) is 20.7. The van der Waals surface area contributed by atoms with Crippen LogP contribution in [-0.4, -0.2) is 60.3 Å². The fourth-order valence-electron chi connectivity index (χ4n) is 4.81. The summed E-state index contributed by atoms with van der Waals surface area (Å²) in [5.41, 5.74) is -0.238. The third-order valence-corrected chi connectivity index (χ3v) is 13.0. The highest BCUT2D eigenvalue weighted by Crippen LogP contribution is 2.71. The topological polar surface area (TPSA) is 281 Å². The maximum absolute atomic E-state index is 12.9. The van der Waals surface area contributed by atoms with E-state index in [1.54, 1.807) is 25.1 Å². The maximum Gasteiger partial charge on any atom is 0.490 e. The number of hydrogen-bond acceptors (Lipinski definition) is 13. The molecule has 6 N–H and O–H groups in total. The summed E-state index contributed by atoms with van der Waals surface area (Å²) < 4.78 is 84.9. The molecule has 6 unspecified atom stereocenters. The molecule has 2 saturated heterocycles. The number of nitrogens with one attached hydrogen (secondary N) is 2. The molecule has 2 aliphatic rings. The van der Waals surface area contributed by atoms with Gasteiger partial charge in [0, 0.05) is 17.4 Å². The van der Waals surface area contributed by atoms with Gasteiger partial charge >= 0.3 is 36.9 Å². The maximum atomic E-state index is 12.9. The van der Waals surface area contributed by atoms with E-state index >= 15 is 0 Å². The van der Waals surface area contributed by atoms with Crippen molar-refractivity contribution in [2.75, 3.05) is 11.7 Å². The highest BCUT2D eigenvalue weighted by molar-refractivity contribution is 7.71. The van der Waals surface area contributed by atoms with Gasteiger partial charge in [0.1, 0.15) is 23.9 Å². The molecule has 0 saturated carbocycles. The molecule has 0 amide bonds. The Morgan fingerprint density at radius 1 is 0.843 bits per heavy atom. The number of ether oxygens (including phenoxy) is 3. The van der Waals surface area contributed by atoms with Crippen molar-refractivity contribution < 1.29 is 69.5 Å². The average molecular weight is 793 g/mol. The number of para-hydroxylation sites is 1. The van der Waals surface area contributed by atoms with Crippen molar-refractivity contribution in [3.8, 4) is 11.8 Å². The van der Waals surface area contributed by atoms with Gasteiger partial charge in [-0.15, -0.1) is 0 Å². The van der Waals surface area contributed by atoms with Crippen LogP contribution < -0.4 is 16.3 Å². The van der Waals surface area contributed by atoms with Crippen LogP contribution in [0.2, 0.25) is 0 Å². The lowest BCUT2D eigenvalue weighted by Crippen LogP contribution is -2.38. The van der Waals surface area contributed by atoms with E-state index in [0.29, 0.717) is 12.0 Å². The zero-order valence-corrected chi connectivity index (χ0v) is 30.0. The molecule has 20 nitrogen and oxygen atoms in total. The first-order chi connectivity index (χ1) is 23.8. The van der Waals surface area contributed by atoms with E-state index in [0.717, 1.165) is 16.3 Å². The number of fused-ring (bicyclic) bond motifs is 1. The average Bonchev–Trinajstić information content (AvgIpc) is 3.58. The van der Waals surface area contributed by atoms with Gasteiger partial charge in [0.15, 0.2) is 12.5 Å². The first kappa shape index (κ1) is 39.2. The van der Waals surface area contributed by atoms with E-state index in [1.165, 1.54) is 24.3 Å². The molecule has 276 valence electrons. The number of aromatic amines is 1. The second-order valence-electron chi connectivity index (χ2n) is 10.9. The molecule has 24 heteroatoms. The quantitative estimate of drug-likeness (QED) is 0.107. The number of hydrogen-bond donors (Lipinski definition) is 6. The number of aryl methyl sites for hydroxylation is 1. The Labute approximate surface area is 288 Å². The number of anilines is 1. The Morgan fingerprint density at radius 2 is 1.47 bits per heavy atom. The van der Waals surface area contributed by atoms with Crippen LogP contribution in [0.3, 0.4) is 0 Å². The van der Waals surface area contributed by atoms with Gasteiger partial charge in [0.2, 0.25) is 0 Å². The largest absolute Gasteiger partial charge is 0.490 e. The van der Waals surface area contributed by atoms with Gasteiger partial charge in [-0.05, 0) is 37.6 Å². The summed E-state index contributed by atoms with van der Waals surface area (Å²) in [6, 6.07) is 14.2. The Balaban J connectivity index is 1.27. The second kappa shape index (κ2) is 15.5. The SMILES string of the molecule is CCC1OC2[C@@H](COP(=O)(O)OP(=O)(O)OP(=O)(O)OP(=O)(O)Nc3ccccc3)O[C@@H](n3cc(C#Cc4ccc(C)cc4)c(=O)[nH]c3=O)[C@H]2O1. The van der Waals surface area contributed by atoms with Crippen LogP contribution in [0.5, 0.6) is 0 Å². The number of aromatic nitrogens is 2. The van der Waals surface area contributed by atoms with Crippen LogP contribution in [-0.2, 0) is 49.9 Å². The zero-order chi connectivity index (χ0) is 37.2. The molecule has 0 aliphatic carbocycles. The van der Waals surface area contributed by atoms with E-state index in [2.05, 4.69) is 29.8 Å². The van der Waals surface area contributed by atoms with Crippen LogP contribution in [0.15, 0.2) is 70.4 Å². The molecule has 0 bridgehead atoms. The zero-order valence-electron chi connectivity index (χ0n) is 26.4. The Hall–Kier alpha value is -3.04. The van der Waals surface area contributed by atoms with Crippen molar-refractivity contribution in [1.82, 2.24) is 9.55 Å². The Morgan fingerprint density at radius 3 is 2.14 bits per heavy atom. The third kappa shape index (κ3) is 10.5. The molecule has 0 radical (unpaired) electrons. The molecule has 3 heterocycles. The van der Waals surface area contributed by atoms with Gasteiger partial charge < -0.3 is 33.8 Å². The highest BCUT2D eigenvalue weighted by atomic mass is 31.3. The molecule has 3 aromatic rings. The van der Waals surface area contributed by atoms with Gasteiger partial charge in [0.25, 0.3) is 5.56 Å². The highest BCUT2D eigenvalue weighted by Gasteiger charge is 2.54. The van der Waals surface area contributed by atoms with E-state index in [9.17, 15) is 47.4 Å². The van der Waals surface area contributed by atoms with E-state index in [1.807, 2.05) is 24.1 Å². The van der Waals surface area contributed by atoms with Crippen LogP contribution in [0.1, 0.15) is 36.3 Å². The monoisotopic (exact) mass is 793 g/mol. The van der Waals surface area contributed by atoms with Gasteiger partial charge in [-0.3, -0.25) is 24.0 Å². The lowest BCUT2D eigenvalue weighted by atomic mass is 10.1. The molecule has 2 aromatic carbocycles. The summed E-state index contributed by atoms with van der Waals surface area (Å²) in [5.74, 6) is 5.53. The first-order valence-electron chi connectivity index (χ1n) is 14.7.